The number of ether oxygens (including phenoxy) is 2. The van der Waals surface area contributed by atoms with E-state index in [1.165, 1.54) is 10.5 Å². The van der Waals surface area contributed by atoms with Gasteiger partial charge in [0.1, 0.15) is 23.1 Å². The van der Waals surface area contributed by atoms with Crippen LogP contribution in [0.2, 0.25) is 0 Å². The van der Waals surface area contributed by atoms with Crippen LogP contribution >= 0.6 is 0 Å². The van der Waals surface area contributed by atoms with E-state index < -0.39 is 5.91 Å². The normalized spacial score (nSPS) is 11.7. The molecule has 0 atom stereocenters. The second kappa shape index (κ2) is 10.3. The molecule has 9 heteroatoms. The highest BCUT2D eigenvalue weighted by molar-refractivity contribution is 5.95. The smallest absolute Gasteiger partial charge is 0.278 e. The van der Waals surface area contributed by atoms with Crippen molar-refractivity contribution in [3.05, 3.63) is 81.2 Å². The maximum Gasteiger partial charge on any atom is 0.278 e. The summed E-state index contributed by atoms with van der Waals surface area (Å²) < 4.78 is 13.7. The molecular weight excluding hydrogens is 446 g/mol. The lowest BCUT2D eigenvalue weighted by atomic mass is 10.2. The number of rotatable bonds is 7. The van der Waals surface area contributed by atoms with Crippen LogP contribution in [0.1, 0.15) is 34.8 Å². The van der Waals surface area contributed by atoms with E-state index in [2.05, 4.69) is 11.1 Å². The molecule has 0 aliphatic carbocycles. The van der Waals surface area contributed by atoms with Crippen LogP contribution in [0.5, 0.6) is 5.75 Å². The minimum atomic E-state index is -0.516. The van der Waals surface area contributed by atoms with Gasteiger partial charge in [-0.05, 0) is 62.2 Å². The summed E-state index contributed by atoms with van der Waals surface area (Å²) in [7, 11) is 1.59. The number of methoxy groups -OCH3 is 1. The van der Waals surface area contributed by atoms with E-state index in [9.17, 15) is 14.9 Å². The van der Waals surface area contributed by atoms with Gasteiger partial charge in [0.15, 0.2) is 5.49 Å². The first-order valence-electron chi connectivity index (χ1n) is 11.2. The summed E-state index contributed by atoms with van der Waals surface area (Å²) in [5.74, 6) is 0.132. The molecule has 3 aromatic heterocycles. The molecule has 0 aliphatic heterocycles. The quantitative estimate of drug-likeness (QED) is 0.303. The van der Waals surface area contributed by atoms with E-state index in [1.807, 2.05) is 19.9 Å². The molecule has 178 valence electrons. The zero-order chi connectivity index (χ0) is 24.9. The maximum atomic E-state index is 13.3. The van der Waals surface area contributed by atoms with Crippen molar-refractivity contribution in [2.24, 2.45) is 4.99 Å². The van der Waals surface area contributed by atoms with E-state index in [0.717, 1.165) is 5.56 Å². The molecule has 1 aromatic carbocycles. The van der Waals surface area contributed by atoms with Gasteiger partial charge < -0.3 is 14.0 Å². The fourth-order valence-corrected chi connectivity index (χ4v) is 3.89. The van der Waals surface area contributed by atoms with Crippen molar-refractivity contribution < 1.29 is 14.3 Å². The topological polar surface area (TPSA) is 111 Å². The Morgan fingerprint density at radius 2 is 1.97 bits per heavy atom. The Balaban J connectivity index is 1.99. The number of nitrogens with zero attached hydrogens (tertiary/aromatic N) is 5. The van der Waals surface area contributed by atoms with Gasteiger partial charge in [-0.15, -0.1) is 0 Å². The predicted molar refractivity (Wildman–Crippen MR) is 130 cm³/mol. The number of benzene rings is 1. The number of fused-ring (bicyclic) bond motifs is 2. The van der Waals surface area contributed by atoms with Crippen molar-refractivity contribution in [3.8, 4) is 11.8 Å². The first-order chi connectivity index (χ1) is 17.0. The molecule has 3 heterocycles. The van der Waals surface area contributed by atoms with Crippen LogP contribution in [0.15, 0.2) is 58.4 Å². The zero-order valence-corrected chi connectivity index (χ0v) is 19.8. The molecule has 1 amide bonds. The van der Waals surface area contributed by atoms with E-state index in [1.54, 1.807) is 48.2 Å². The molecule has 0 unspecified atom stereocenters. The van der Waals surface area contributed by atoms with Crippen LogP contribution < -0.4 is 15.8 Å². The number of hydrogen-bond donors (Lipinski definition) is 0. The number of amides is 1. The lowest BCUT2D eigenvalue weighted by molar-refractivity contribution is 0.0997. The number of aromatic nitrogens is 3. The average molecular weight is 472 g/mol. The minimum absolute atomic E-state index is 0.112. The van der Waals surface area contributed by atoms with Crippen molar-refractivity contribution in [1.82, 2.24) is 14.0 Å². The minimum Gasteiger partial charge on any atom is -0.494 e. The molecular formula is C26H25N5O4. The Hall–Kier alpha value is -4.29. The summed E-state index contributed by atoms with van der Waals surface area (Å²) >= 11 is 0. The third-order valence-electron chi connectivity index (χ3n) is 5.58. The predicted octanol–water partition coefficient (Wildman–Crippen LogP) is 3.01. The van der Waals surface area contributed by atoms with E-state index >= 15 is 0 Å². The molecule has 4 rings (SSSR count). The third-order valence-corrected chi connectivity index (χ3v) is 5.58. The molecule has 35 heavy (non-hydrogen) atoms. The molecule has 0 fully saturated rings. The number of carbonyl (C=O) groups excluding carboxylic acids is 1. The summed E-state index contributed by atoms with van der Waals surface area (Å²) in [5, 5.41) is 10.2. The molecule has 0 aliphatic rings. The van der Waals surface area contributed by atoms with Crippen molar-refractivity contribution >= 4 is 22.6 Å². The average Bonchev–Trinajstić information content (AvgIpc) is 2.86. The van der Waals surface area contributed by atoms with Gasteiger partial charge >= 0.3 is 0 Å². The lowest BCUT2D eigenvalue weighted by Crippen LogP contribution is -2.30. The fraction of sp³-hybridized carbons (Fsp3) is 0.269. The molecule has 0 saturated heterocycles. The van der Waals surface area contributed by atoms with Crippen LogP contribution in [0, 0.1) is 18.3 Å². The number of aryl methyl sites for hydroxylation is 2. The Morgan fingerprint density at radius 1 is 1.20 bits per heavy atom. The highest BCUT2D eigenvalue weighted by Gasteiger charge is 2.16. The molecule has 9 nitrogen and oxygen atoms in total. The number of hydrogen-bond acceptors (Lipinski definition) is 6. The molecule has 0 N–H and O–H groups in total. The highest BCUT2D eigenvalue weighted by Crippen LogP contribution is 2.15. The van der Waals surface area contributed by atoms with Gasteiger partial charge in [0, 0.05) is 32.0 Å². The summed E-state index contributed by atoms with van der Waals surface area (Å²) in [6.45, 7) is 5.06. The van der Waals surface area contributed by atoms with E-state index in [-0.39, 0.29) is 22.0 Å². The highest BCUT2D eigenvalue weighted by atomic mass is 16.5. The summed E-state index contributed by atoms with van der Waals surface area (Å²) in [6.07, 6.45) is 2.21. The fourth-order valence-electron chi connectivity index (χ4n) is 3.89. The lowest BCUT2D eigenvalue weighted by Gasteiger charge is -2.14. The van der Waals surface area contributed by atoms with Gasteiger partial charge in [0.05, 0.1) is 17.6 Å². The molecule has 0 spiro atoms. The Bertz CT molecular complexity index is 1580. The van der Waals surface area contributed by atoms with Crippen LogP contribution in [0.25, 0.3) is 16.7 Å². The molecule has 0 radical (unpaired) electrons. The van der Waals surface area contributed by atoms with Crippen molar-refractivity contribution in [3.63, 3.8) is 0 Å². The van der Waals surface area contributed by atoms with E-state index in [0.29, 0.717) is 48.8 Å². The van der Waals surface area contributed by atoms with Gasteiger partial charge in [-0.2, -0.15) is 10.3 Å². The van der Waals surface area contributed by atoms with Crippen LogP contribution in [0.3, 0.4) is 0 Å². The Kier molecular flexibility index (Phi) is 7.03. The Morgan fingerprint density at radius 3 is 2.66 bits per heavy atom. The first-order valence-corrected chi connectivity index (χ1v) is 11.2. The Labute approximate surface area is 201 Å². The monoisotopic (exact) mass is 471 g/mol. The van der Waals surface area contributed by atoms with Gasteiger partial charge in [0.2, 0.25) is 0 Å². The maximum absolute atomic E-state index is 13.3. The van der Waals surface area contributed by atoms with Gasteiger partial charge in [-0.1, -0.05) is 6.07 Å². The first kappa shape index (κ1) is 23.9. The number of carbonyl (C=O) groups is 1. The van der Waals surface area contributed by atoms with Crippen molar-refractivity contribution in [2.75, 3.05) is 20.3 Å². The second-order valence-electron chi connectivity index (χ2n) is 7.90. The second-order valence-corrected chi connectivity index (χ2v) is 7.90. The van der Waals surface area contributed by atoms with Crippen molar-refractivity contribution in [2.45, 2.75) is 26.8 Å². The summed E-state index contributed by atoms with van der Waals surface area (Å²) in [5.41, 5.74) is 2.00. The summed E-state index contributed by atoms with van der Waals surface area (Å²) in [4.78, 5) is 35.4. The van der Waals surface area contributed by atoms with Crippen LogP contribution in [-0.2, 0) is 11.3 Å². The SMILES string of the molecule is CCOc1ccc(C(=O)N=c2c(C#N)cc3c(=O)n4cccc(C)c4nc3n2CCCOC)cc1. The third kappa shape index (κ3) is 4.69. The van der Waals surface area contributed by atoms with Crippen LogP contribution in [-0.4, -0.2) is 40.2 Å². The molecule has 0 saturated carbocycles. The number of nitriles is 1. The van der Waals surface area contributed by atoms with Gasteiger partial charge in [-0.3, -0.25) is 14.0 Å². The zero-order valence-electron chi connectivity index (χ0n) is 19.8. The molecule has 4 aromatic rings. The molecule has 0 bridgehead atoms. The largest absolute Gasteiger partial charge is 0.494 e. The van der Waals surface area contributed by atoms with Crippen LogP contribution in [0.4, 0.5) is 0 Å². The number of pyridine rings is 2. The van der Waals surface area contributed by atoms with Gasteiger partial charge in [-0.25, -0.2) is 4.98 Å². The van der Waals surface area contributed by atoms with Gasteiger partial charge in [0.25, 0.3) is 11.5 Å². The summed E-state index contributed by atoms with van der Waals surface area (Å²) in [6, 6.07) is 13.8. The standard InChI is InChI=1S/C26H25N5O4/c1-4-35-20-10-8-18(9-11-20)25(32)29-23-19(16-27)15-21-24(30(23)13-6-14-34-3)28-22-17(2)7-5-12-31(22)26(21)33/h5,7-12,15H,4,6,13-14H2,1-3H3. The van der Waals surface area contributed by atoms with E-state index in [4.69, 9.17) is 14.5 Å². The van der Waals surface area contributed by atoms with Crippen molar-refractivity contribution in [1.29, 1.82) is 5.26 Å².